The highest BCUT2D eigenvalue weighted by atomic mass is 16.5. The van der Waals surface area contributed by atoms with Crippen molar-refractivity contribution in [1.82, 2.24) is 10.1 Å². The molecule has 17 heavy (non-hydrogen) atoms. The second kappa shape index (κ2) is 5.18. The third-order valence-electron chi connectivity index (χ3n) is 2.60. The van der Waals surface area contributed by atoms with E-state index in [1.165, 1.54) is 0 Å². The lowest BCUT2D eigenvalue weighted by Gasteiger charge is -2.20. The molecule has 0 unspecified atom stereocenters. The van der Waals surface area contributed by atoms with Gasteiger partial charge in [0.25, 0.3) is 11.8 Å². The van der Waals surface area contributed by atoms with E-state index in [0.717, 1.165) is 12.8 Å². The second-order valence-corrected chi connectivity index (χ2v) is 4.11. The van der Waals surface area contributed by atoms with Crippen LogP contribution in [0.25, 0.3) is 0 Å². The summed E-state index contributed by atoms with van der Waals surface area (Å²) < 4.78 is 10.0. The molecule has 1 heterocycles. The normalized spacial score (nSPS) is 14.7. The van der Waals surface area contributed by atoms with Crippen LogP contribution in [0.5, 0.6) is 5.88 Å². The van der Waals surface area contributed by atoms with Crippen molar-refractivity contribution < 1.29 is 19.2 Å². The first-order chi connectivity index (χ1) is 8.20. The molecule has 6 heteroatoms. The maximum absolute atomic E-state index is 11.8. The van der Waals surface area contributed by atoms with Crippen LogP contribution in [0, 0.1) is 6.92 Å². The molecule has 6 nitrogen and oxygen atoms in total. The summed E-state index contributed by atoms with van der Waals surface area (Å²) in [5.41, 5.74) is 0. The summed E-state index contributed by atoms with van der Waals surface area (Å²) >= 11 is 0. The molecule has 0 aliphatic heterocycles. The number of aryl methyl sites for hydroxylation is 1. The molecule has 0 bridgehead atoms. The van der Waals surface area contributed by atoms with E-state index in [2.05, 4.69) is 5.16 Å². The summed E-state index contributed by atoms with van der Waals surface area (Å²) in [6, 6.07) is 1.90. The van der Waals surface area contributed by atoms with Crippen molar-refractivity contribution in [2.45, 2.75) is 25.8 Å². The third-order valence-corrected chi connectivity index (χ3v) is 2.60. The zero-order chi connectivity index (χ0) is 12.3. The Morgan fingerprint density at radius 2 is 2.47 bits per heavy atom. The third kappa shape index (κ3) is 3.20. The first-order valence-corrected chi connectivity index (χ1v) is 5.67. The zero-order valence-electron chi connectivity index (χ0n) is 9.76. The van der Waals surface area contributed by atoms with E-state index in [9.17, 15) is 4.79 Å². The maximum Gasteiger partial charge on any atom is 0.260 e. The molecule has 1 aromatic rings. The molecule has 0 spiro atoms. The Hall–Kier alpha value is -1.56. The Morgan fingerprint density at radius 3 is 3.00 bits per heavy atom. The number of hydrogen-bond donors (Lipinski definition) is 1. The molecule has 0 saturated heterocycles. The van der Waals surface area contributed by atoms with Crippen LogP contribution in [0.2, 0.25) is 0 Å². The molecule has 2 rings (SSSR count). The molecule has 94 valence electrons. The average molecular weight is 240 g/mol. The number of aliphatic hydroxyl groups is 1. The van der Waals surface area contributed by atoms with Gasteiger partial charge in [0.15, 0.2) is 6.61 Å². The van der Waals surface area contributed by atoms with Crippen LogP contribution in [-0.4, -0.2) is 46.9 Å². The second-order valence-electron chi connectivity index (χ2n) is 4.11. The Bertz CT molecular complexity index is 387. The number of aliphatic hydroxyl groups excluding tert-OH is 1. The zero-order valence-corrected chi connectivity index (χ0v) is 9.76. The van der Waals surface area contributed by atoms with Gasteiger partial charge in [0, 0.05) is 18.7 Å². The van der Waals surface area contributed by atoms with E-state index in [0.29, 0.717) is 18.2 Å². The van der Waals surface area contributed by atoms with Crippen molar-refractivity contribution in [2.24, 2.45) is 0 Å². The molecule has 0 atom stereocenters. The van der Waals surface area contributed by atoms with Gasteiger partial charge in [-0.1, -0.05) is 0 Å². The lowest BCUT2D eigenvalue weighted by Crippen LogP contribution is -2.38. The Morgan fingerprint density at radius 1 is 1.71 bits per heavy atom. The molecule has 1 aliphatic rings. The lowest BCUT2D eigenvalue weighted by molar-refractivity contribution is -0.134. The van der Waals surface area contributed by atoms with Gasteiger partial charge in [-0.3, -0.25) is 4.79 Å². The van der Waals surface area contributed by atoms with Crippen LogP contribution < -0.4 is 4.74 Å². The Kier molecular flexibility index (Phi) is 3.63. The molecule has 1 N–H and O–H groups in total. The smallest absolute Gasteiger partial charge is 0.260 e. The van der Waals surface area contributed by atoms with Crippen molar-refractivity contribution in [3.63, 3.8) is 0 Å². The highest BCUT2D eigenvalue weighted by Gasteiger charge is 2.32. The predicted molar refractivity (Wildman–Crippen MR) is 58.6 cm³/mol. The summed E-state index contributed by atoms with van der Waals surface area (Å²) in [6.07, 6.45) is 2.02. The van der Waals surface area contributed by atoms with Crippen molar-refractivity contribution in [2.75, 3.05) is 19.8 Å². The molecule has 1 aromatic heterocycles. The quantitative estimate of drug-likeness (QED) is 0.776. The number of aromatic nitrogens is 1. The van der Waals surface area contributed by atoms with Gasteiger partial charge >= 0.3 is 0 Å². The van der Waals surface area contributed by atoms with E-state index in [1.807, 2.05) is 0 Å². The van der Waals surface area contributed by atoms with Crippen molar-refractivity contribution in [3.8, 4) is 5.88 Å². The van der Waals surface area contributed by atoms with E-state index >= 15 is 0 Å². The number of hydrogen-bond acceptors (Lipinski definition) is 5. The largest absolute Gasteiger partial charge is 0.465 e. The van der Waals surface area contributed by atoms with Gasteiger partial charge in [-0.15, -0.1) is 0 Å². The van der Waals surface area contributed by atoms with Crippen molar-refractivity contribution in [3.05, 3.63) is 11.8 Å². The van der Waals surface area contributed by atoms with Gasteiger partial charge in [-0.05, 0) is 24.9 Å². The van der Waals surface area contributed by atoms with Gasteiger partial charge in [0.2, 0.25) is 0 Å². The van der Waals surface area contributed by atoms with Crippen LogP contribution >= 0.6 is 0 Å². The lowest BCUT2D eigenvalue weighted by atomic mass is 10.4. The van der Waals surface area contributed by atoms with Gasteiger partial charge in [-0.25, -0.2) is 0 Å². The summed E-state index contributed by atoms with van der Waals surface area (Å²) in [4.78, 5) is 13.5. The predicted octanol–water partition coefficient (Wildman–Crippen LogP) is 0.345. The molecule has 1 fully saturated rings. The van der Waals surface area contributed by atoms with Crippen LogP contribution in [0.3, 0.4) is 0 Å². The molecule has 0 radical (unpaired) electrons. The molecule has 1 saturated carbocycles. The highest BCUT2D eigenvalue weighted by molar-refractivity contribution is 5.78. The van der Waals surface area contributed by atoms with Crippen LogP contribution in [0.15, 0.2) is 10.6 Å². The number of carbonyl (C=O) groups is 1. The summed E-state index contributed by atoms with van der Waals surface area (Å²) in [5, 5.41) is 12.5. The van der Waals surface area contributed by atoms with Crippen LogP contribution in [0.4, 0.5) is 0 Å². The monoisotopic (exact) mass is 240 g/mol. The fourth-order valence-electron chi connectivity index (χ4n) is 1.64. The summed E-state index contributed by atoms with van der Waals surface area (Å²) in [7, 11) is 0. The van der Waals surface area contributed by atoms with Crippen molar-refractivity contribution >= 4 is 5.91 Å². The van der Waals surface area contributed by atoms with Gasteiger partial charge in [0.05, 0.1) is 6.61 Å². The maximum atomic E-state index is 11.8. The first kappa shape index (κ1) is 11.9. The topological polar surface area (TPSA) is 75.8 Å². The van der Waals surface area contributed by atoms with Gasteiger partial charge in [-0.2, -0.15) is 0 Å². The minimum atomic E-state index is -0.123. The fraction of sp³-hybridized carbons (Fsp3) is 0.636. The van der Waals surface area contributed by atoms with E-state index in [1.54, 1.807) is 17.9 Å². The molecule has 1 amide bonds. The number of ether oxygens (including phenoxy) is 1. The molecular formula is C11H16N2O4. The van der Waals surface area contributed by atoms with Gasteiger partial charge in [0.1, 0.15) is 5.76 Å². The van der Waals surface area contributed by atoms with E-state index in [-0.39, 0.29) is 25.2 Å². The number of amides is 1. The van der Waals surface area contributed by atoms with Crippen molar-refractivity contribution in [1.29, 1.82) is 0 Å². The summed E-state index contributed by atoms with van der Waals surface area (Å²) in [6.45, 7) is 2.03. The fourth-order valence-corrected chi connectivity index (χ4v) is 1.64. The Labute approximate surface area is 99.1 Å². The molecular weight excluding hydrogens is 224 g/mol. The highest BCUT2D eigenvalue weighted by Crippen LogP contribution is 2.26. The SMILES string of the molecule is Cc1cc(OCC(=O)N(CCO)C2CC2)no1. The van der Waals surface area contributed by atoms with Crippen LogP contribution in [-0.2, 0) is 4.79 Å². The first-order valence-electron chi connectivity index (χ1n) is 5.67. The minimum Gasteiger partial charge on any atom is -0.465 e. The number of rotatable bonds is 6. The Balaban J connectivity index is 1.82. The molecule has 1 aliphatic carbocycles. The molecule has 0 aromatic carbocycles. The minimum absolute atomic E-state index is 0.0225. The average Bonchev–Trinajstić information content (AvgIpc) is 3.06. The van der Waals surface area contributed by atoms with Gasteiger partial charge < -0.3 is 19.3 Å². The number of nitrogens with zero attached hydrogens (tertiary/aromatic N) is 2. The summed E-state index contributed by atoms with van der Waals surface area (Å²) in [5.74, 6) is 0.833. The standard InChI is InChI=1S/C11H16N2O4/c1-8-6-10(12-17-8)16-7-11(15)13(4-5-14)9-2-3-9/h6,9,14H,2-5,7H2,1H3. The van der Waals surface area contributed by atoms with Crippen LogP contribution in [0.1, 0.15) is 18.6 Å². The van der Waals surface area contributed by atoms with E-state index in [4.69, 9.17) is 14.4 Å². The van der Waals surface area contributed by atoms with E-state index < -0.39 is 0 Å². The number of carbonyl (C=O) groups excluding carboxylic acids is 1.